The van der Waals surface area contributed by atoms with Crippen LogP contribution in [0.1, 0.15) is 30.6 Å². The summed E-state index contributed by atoms with van der Waals surface area (Å²) in [5.74, 6) is 0.965. The van der Waals surface area contributed by atoms with Gasteiger partial charge in [0, 0.05) is 24.8 Å². The van der Waals surface area contributed by atoms with Crippen LogP contribution in [0.15, 0.2) is 47.4 Å². The van der Waals surface area contributed by atoms with E-state index >= 15 is 0 Å². The number of nitrogens with zero attached hydrogens (tertiary/aromatic N) is 3. The molecule has 0 atom stereocenters. The topological polar surface area (TPSA) is 86.9 Å². The molecule has 0 radical (unpaired) electrons. The summed E-state index contributed by atoms with van der Waals surface area (Å²) in [6.45, 7) is 5.63. The predicted octanol–water partition coefficient (Wildman–Crippen LogP) is 2.11. The molecule has 0 aliphatic carbocycles. The molecule has 3 rings (SSSR count). The summed E-state index contributed by atoms with van der Waals surface area (Å²) in [4.78, 5) is 24.6. The first-order chi connectivity index (χ1) is 13.6. The van der Waals surface area contributed by atoms with Crippen LogP contribution in [0, 0.1) is 0 Å². The van der Waals surface area contributed by atoms with E-state index in [9.17, 15) is 9.59 Å². The maximum atomic E-state index is 12.4. The minimum Gasteiger partial charge on any atom is -0.490 e. The highest BCUT2D eigenvalue weighted by atomic mass is 16.5. The maximum Gasteiger partial charge on any atom is 0.350 e. The second-order valence-electron chi connectivity index (χ2n) is 6.07. The first-order valence-corrected chi connectivity index (χ1v) is 9.36. The number of benzene rings is 1. The molecule has 1 aromatic carbocycles. The molecule has 148 valence electrons. The van der Waals surface area contributed by atoms with Gasteiger partial charge in [-0.1, -0.05) is 6.07 Å². The SMILES string of the molecule is CCOc1ccc(C(=O)NCCCn2nc3ccccn3c2=O)cc1OCC. The molecule has 1 amide bonds. The van der Waals surface area contributed by atoms with Gasteiger partial charge in [-0.15, -0.1) is 5.10 Å². The molecule has 0 aliphatic rings. The molecule has 3 aromatic rings. The first kappa shape index (κ1) is 19.5. The van der Waals surface area contributed by atoms with Crippen LogP contribution in [-0.4, -0.2) is 39.8 Å². The van der Waals surface area contributed by atoms with Crippen molar-refractivity contribution in [1.82, 2.24) is 19.5 Å². The van der Waals surface area contributed by atoms with Crippen LogP contribution in [0.3, 0.4) is 0 Å². The molecule has 0 saturated carbocycles. The summed E-state index contributed by atoms with van der Waals surface area (Å²) in [6.07, 6.45) is 2.27. The first-order valence-electron chi connectivity index (χ1n) is 9.36. The Morgan fingerprint density at radius 2 is 1.89 bits per heavy atom. The average molecular weight is 384 g/mol. The van der Waals surface area contributed by atoms with Gasteiger partial charge in [-0.05, 0) is 50.6 Å². The van der Waals surface area contributed by atoms with Gasteiger partial charge < -0.3 is 14.8 Å². The van der Waals surface area contributed by atoms with E-state index in [-0.39, 0.29) is 11.6 Å². The fourth-order valence-corrected chi connectivity index (χ4v) is 2.84. The lowest BCUT2D eigenvalue weighted by Crippen LogP contribution is -2.27. The van der Waals surface area contributed by atoms with Crippen LogP contribution in [0.25, 0.3) is 5.65 Å². The Balaban J connectivity index is 1.57. The number of aryl methyl sites for hydroxylation is 1. The lowest BCUT2D eigenvalue weighted by molar-refractivity contribution is 0.0952. The van der Waals surface area contributed by atoms with Crippen LogP contribution in [0.2, 0.25) is 0 Å². The van der Waals surface area contributed by atoms with E-state index in [0.29, 0.717) is 55.4 Å². The lowest BCUT2D eigenvalue weighted by atomic mass is 10.2. The fourth-order valence-electron chi connectivity index (χ4n) is 2.84. The van der Waals surface area contributed by atoms with Crippen molar-refractivity contribution in [1.29, 1.82) is 0 Å². The van der Waals surface area contributed by atoms with Gasteiger partial charge in [-0.2, -0.15) is 0 Å². The highest BCUT2D eigenvalue weighted by Gasteiger charge is 2.11. The summed E-state index contributed by atoms with van der Waals surface area (Å²) in [7, 11) is 0. The molecule has 8 nitrogen and oxygen atoms in total. The van der Waals surface area contributed by atoms with Crippen molar-refractivity contribution in [2.75, 3.05) is 19.8 Å². The predicted molar refractivity (Wildman–Crippen MR) is 105 cm³/mol. The second kappa shape index (κ2) is 9.07. The van der Waals surface area contributed by atoms with Crippen molar-refractivity contribution >= 4 is 11.6 Å². The number of aromatic nitrogens is 3. The van der Waals surface area contributed by atoms with E-state index < -0.39 is 0 Å². The average Bonchev–Trinajstić information content (AvgIpc) is 3.03. The summed E-state index contributed by atoms with van der Waals surface area (Å²) in [5, 5.41) is 7.13. The number of fused-ring (bicyclic) bond motifs is 1. The highest BCUT2D eigenvalue weighted by Crippen LogP contribution is 2.28. The van der Waals surface area contributed by atoms with Gasteiger partial charge >= 0.3 is 5.69 Å². The Morgan fingerprint density at radius 1 is 1.11 bits per heavy atom. The highest BCUT2D eigenvalue weighted by molar-refractivity contribution is 5.94. The summed E-state index contributed by atoms with van der Waals surface area (Å²) in [5.41, 5.74) is 0.918. The van der Waals surface area contributed by atoms with Gasteiger partial charge in [0.05, 0.1) is 13.2 Å². The van der Waals surface area contributed by atoms with Gasteiger partial charge in [-0.3, -0.25) is 9.20 Å². The summed E-state index contributed by atoms with van der Waals surface area (Å²) < 4.78 is 14.0. The minimum absolute atomic E-state index is 0.185. The van der Waals surface area contributed by atoms with Crippen molar-refractivity contribution in [3.63, 3.8) is 0 Å². The quantitative estimate of drug-likeness (QED) is 0.571. The Kier molecular flexibility index (Phi) is 6.31. The van der Waals surface area contributed by atoms with E-state index in [1.807, 2.05) is 19.9 Å². The van der Waals surface area contributed by atoms with Crippen LogP contribution in [0.4, 0.5) is 0 Å². The molecule has 0 fully saturated rings. The van der Waals surface area contributed by atoms with Crippen LogP contribution in [-0.2, 0) is 6.54 Å². The number of carbonyl (C=O) groups excluding carboxylic acids is 1. The number of hydrogen-bond acceptors (Lipinski definition) is 5. The van der Waals surface area contributed by atoms with Crippen molar-refractivity contribution < 1.29 is 14.3 Å². The van der Waals surface area contributed by atoms with E-state index in [4.69, 9.17) is 9.47 Å². The molecule has 2 aromatic heterocycles. The number of carbonyl (C=O) groups is 1. The Bertz CT molecular complexity index is 1010. The summed E-state index contributed by atoms with van der Waals surface area (Å²) in [6, 6.07) is 10.5. The van der Waals surface area contributed by atoms with Crippen LogP contribution >= 0.6 is 0 Å². The zero-order valence-corrected chi connectivity index (χ0v) is 16.1. The second-order valence-corrected chi connectivity index (χ2v) is 6.07. The van der Waals surface area contributed by atoms with Crippen LogP contribution in [0.5, 0.6) is 11.5 Å². The van der Waals surface area contributed by atoms with Crippen LogP contribution < -0.4 is 20.5 Å². The molecule has 0 spiro atoms. The largest absolute Gasteiger partial charge is 0.490 e. The zero-order valence-electron chi connectivity index (χ0n) is 16.1. The van der Waals surface area contributed by atoms with Gasteiger partial charge in [0.15, 0.2) is 17.1 Å². The zero-order chi connectivity index (χ0) is 19.9. The number of amides is 1. The third kappa shape index (κ3) is 4.33. The molecule has 28 heavy (non-hydrogen) atoms. The molecule has 0 bridgehead atoms. The molecule has 2 heterocycles. The number of rotatable bonds is 9. The fraction of sp³-hybridized carbons (Fsp3) is 0.350. The monoisotopic (exact) mass is 384 g/mol. The third-order valence-electron chi connectivity index (χ3n) is 4.13. The Morgan fingerprint density at radius 3 is 2.64 bits per heavy atom. The van der Waals surface area contributed by atoms with Crippen molar-refractivity contribution in [2.45, 2.75) is 26.8 Å². The maximum absolute atomic E-state index is 12.4. The molecule has 0 aliphatic heterocycles. The van der Waals surface area contributed by atoms with Gasteiger partial charge in [-0.25, -0.2) is 9.48 Å². The van der Waals surface area contributed by atoms with Crippen molar-refractivity contribution in [2.24, 2.45) is 0 Å². The summed E-state index contributed by atoms with van der Waals surface area (Å²) >= 11 is 0. The molecule has 8 heteroatoms. The van der Waals surface area contributed by atoms with E-state index in [1.165, 1.54) is 9.08 Å². The molecular formula is C20H24N4O4. The number of pyridine rings is 1. The van der Waals surface area contributed by atoms with E-state index in [2.05, 4.69) is 10.4 Å². The Labute approximate surface area is 162 Å². The third-order valence-corrected chi connectivity index (χ3v) is 4.13. The van der Waals surface area contributed by atoms with Gasteiger partial charge in [0.2, 0.25) is 0 Å². The lowest BCUT2D eigenvalue weighted by Gasteiger charge is -2.12. The Hall–Kier alpha value is -3.29. The molecular weight excluding hydrogens is 360 g/mol. The van der Waals surface area contributed by atoms with Crippen molar-refractivity contribution in [3.8, 4) is 11.5 Å². The number of nitrogens with one attached hydrogen (secondary N) is 1. The number of hydrogen-bond donors (Lipinski definition) is 1. The van der Waals surface area contributed by atoms with E-state index in [1.54, 1.807) is 36.5 Å². The van der Waals surface area contributed by atoms with Gasteiger partial charge in [0.1, 0.15) is 0 Å². The molecule has 0 unspecified atom stereocenters. The normalized spacial score (nSPS) is 10.8. The standard InChI is InChI=1S/C20H24N4O4/c1-3-27-16-10-9-15(14-17(16)28-4-2)19(25)21-11-7-13-24-20(26)23-12-6-5-8-18(23)22-24/h5-6,8-10,12,14H,3-4,7,11,13H2,1-2H3,(H,21,25). The smallest absolute Gasteiger partial charge is 0.350 e. The van der Waals surface area contributed by atoms with E-state index in [0.717, 1.165) is 0 Å². The molecule has 0 saturated heterocycles. The van der Waals surface area contributed by atoms with Crippen molar-refractivity contribution in [3.05, 3.63) is 58.6 Å². The minimum atomic E-state index is -0.202. The van der Waals surface area contributed by atoms with Gasteiger partial charge in [0.25, 0.3) is 5.91 Å². The molecule has 1 N–H and O–H groups in total. The number of ether oxygens (including phenoxy) is 2.